The highest BCUT2D eigenvalue weighted by Crippen LogP contribution is 2.30. The molecule has 3 aromatic carbocycles. The number of rotatable bonds is 8. The summed E-state index contributed by atoms with van der Waals surface area (Å²) in [5.41, 5.74) is 9.08. The van der Waals surface area contributed by atoms with Gasteiger partial charge in [-0.1, -0.05) is 17.7 Å². The SMILES string of the molecule is COc1cc(/C(C)=N/NC(=O)C(=O)Nc2ccc(C(N)=O)cc2)ccc1OCc1c(F)cccc1Cl. The van der Waals surface area contributed by atoms with E-state index in [0.717, 1.165) is 0 Å². The van der Waals surface area contributed by atoms with Crippen molar-refractivity contribution in [2.45, 2.75) is 13.5 Å². The summed E-state index contributed by atoms with van der Waals surface area (Å²) in [6, 6.07) is 15.0. The lowest BCUT2D eigenvalue weighted by atomic mass is 10.1. The summed E-state index contributed by atoms with van der Waals surface area (Å²) in [5, 5.41) is 6.58. The van der Waals surface area contributed by atoms with Crippen LogP contribution in [0.1, 0.15) is 28.4 Å². The Labute approximate surface area is 211 Å². The van der Waals surface area contributed by atoms with Gasteiger partial charge in [0.15, 0.2) is 11.5 Å². The number of nitrogens with two attached hydrogens (primary N) is 1. The van der Waals surface area contributed by atoms with Gasteiger partial charge in [0.05, 0.1) is 17.8 Å². The number of ether oxygens (including phenoxy) is 2. The predicted octanol–water partition coefficient (Wildman–Crippen LogP) is 3.64. The van der Waals surface area contributed by atoms with Gasteiger partial charge in [-0.2, -0.15) is 5.10 Å². The summed E-state index contributed by atoms with van der Waals surface area (Å²) in [4.78, 5) is 35.3. The molecule has 9 nitrogen and oxygen atoms in total. The van der Waals surface area contributed by atoms with Crippen LogP contribution in [0.3, 0.4) is 0 Å². The first-order chi connectivity index (χ1) is 17.2. The highest BCUT2D eigenvalue weighted by Gasteiger charge is 2.15. The smallest absolute Gasteiger partial charge is 0.329 e. The molecular weight excluding hydrogens is 491 g/mol. The van der Waals surface area contributed by atoms with Crippen LogP contribution >= 0.6 is 11.6 Å². The maximum atomic E-state index is 14.0. The maximum absolute atomic E-state index is 14.0. The number of primary amides is 1. The first-order valence-electron chi connectivity index (χ1n) is 10.5. The van der Waals surface area contributed by atoms with E-state index in [4.69, 9.17) is 26.8 Å². The number of hydrogen-bond acceptors (Lipinski definition) is 6. The lowest BCUT2D eigenvalue weighted by molar-refractivity contribution is -0.136. The van der Waals surface area contributed by atoms with Crippen LogP contribution in [0.15, 0.2) is 65.8 Å². The monoisotopic (exact) mass is 512 g/mol. The summed E-state index contributed by atoms with van der Waals surface area (Å²) >= 11 is 6.03. The molecule has 0 atom stereocenters. The molecule has 0 spiro atoms. The zero-order valence-corrected chi connectivity index (χ0v) is 20.1. The highest BCUT2D eigenvalue weighted by atomic mass is 35.5. The second-order valence-electron chi connectivity index (χ2n) is 7.39. The second kappa shape index (κ2) is 11.8. The normalized spacial score (nSPS) is 10.9. The summed E-state index contributed by atoms with van der Waals surface area (Å²) in [7, 11) is 1.44. The second-order valence-corrected chi connectivity index (χ2v) is 7.80. The number of nitrogens with one attached hydrogen (secondary N) is 2. The number of amides is 3. The first-order valence-corrected chi connectivity index (χ1v) is 10.9. The Hall–Kier alpha value is -4.44. The van der Waals surface area contributed by atoms with Gasteiger partial charge in [0.2, 0.25) is 5.91 Å². The molecule has 0 fully saturated rings. The van der Waals surface area contributed by atoms with E-state index < -0.39 is 23.5 Å². The summed E-state index contributed by atoms with van der Waals surface area (Å²) < 4.78 is 25.0. The van der Waals surface area contributed by atoms with E-state index in [0.29, 0.717) is 28.5 Å². The molecule has 3 amide bonds. The standard InChI is InChI=1S/C25H22ClFN4O5/c1-14(30-31-25(34)24(33)29-17-9-6-15(7-10-17)23(28)32)16-8-11-21(22(12-16)35-2)36-13-18-19(26)4-3-5-20(18)27/h3-12H,13H2,1-2H3,(H2,28,32)(H,29,33)(H,31,34)/b30-14+. The van der Waals surface area contributed by atoms with Crippen LogP contribution in [-0.4, -0.2) is 30.5 Å². The molecule has 11 heteroatoms. The van der Waals surface area contributed by atoms with Crippen LogP contribution in [0.5, 0.6) is 11.5 Å². The molecule has 0 aliphatic rings. The predicted molar refractivity (Wildman–Crippen MR) is 133 cm³/mol. The number of carbonyl (C=O) groups is 3. The summed E-state index contributed by atoms with van der Waals surface area (Å²) in [6.45, 7) is 1.51. The van der Waals surface area contributed by atoms with E-state index in [1.54, 1.807) is 31.2 Å². The number of carbonyl (C=O) groups excluding carboxylic acids is 3. The number of nitrogens with zero attached hydrogens (tertiary/aromatic N) is 1. The summed E-state index contributed by atoms with van der Waals surface area (Å²) in [6.07, 6.45) is 0. The van der Waals surface area contributed by atoms with E-state index in [1.807, 2.05) is 0 Å². The van der Waals surface area contributed by atoms with E-state index in [2.05, 4.69) is 15.8 Å². The van der Waals surface area contributed by atoms with Crippen molar-refractivity contribution < 1.29 is 28.2 Å². The Morgan fingerprint density at radius 3 is 2.33 bits per heavy atom. The van der Waals surface area contributed by atoms with Gasteiger partial charge < -0.3 is 20.5 Å². The maximum Gasteiger partial charge on any atom is 0.329 e. The van der Waals surface area contributed by atoms with Crippen molar-refractivity contribution in [2.75, 3.05) is 12.4 Å². The fraction of sp³-hybridized carbons (Fsp3) is 0.120. The van der Waals surface area contributed by atoms with Crippen LogP contribution in [0.4, 0.5) is 10.1 Å². The average Bonchev–Trinajstić information content (AvgIpc) is 2.87. The lowest BCUT2D eigenvalue weighted by Crippen LogP contribution is -2.33. The zero-order chi connectivity index (χ0) is 26.2. The molecule has 0 radical (unpaired) electrons. The zero-order valence-electron chi connectivity index (χ0n) is 19.3. The van der Waals surface area contributed by atoms with Crippen molar-refractivity contribution in [3.8, 4) is 11.5 Å². The molecule has 0 heterocycles. The Balaban J connectivity index is 1.63. The molecule has 0 aliphatic heterocycles. The lowest BCUT2D eigenvalue weighted by Gasteiger charge is -2.13. The average molecular weight is 513 g/mol. The van der Waals surface area contributed by atoms with Crippen LogP contribution in [-0.2, 0) is 16.2 Å². The van der Waals surface area contributed by atoms with Gasteiger partial charge >= 0.3 is 11.8 Å². The van der Waals surface area contributed by atoms with E-state index >= 15 is 0 Å². The van der Waals surface area contributed by atoms with E-state index in [1.165, 1.54) is 43.5 Å². The van der Waals surface area contributed by atoms with Crippen molar-refractivity contribution >= 4 is 40.7 Å². The van der Waals surface area contributed by atoms with E-state index in [9.17, 15) is 18.8 Å². The largest absolute Gasteiger partial charge is 0.493 e. The Kier molecular flexibility index (Phi) is 8.58. The molecule has 0 saturated heterocycles. The summed E-state index contributed by atoms with van der Waals surface area (Å²) in [5.74, 6) is -2.35. The molecular formula is C25H22ClFN4O5. The number of anilines is 1. The van der Waals surface area contributed by atoms with Crippen LogP contribution in [0.25, 0.3) is 0 Å². The van der Waals surface area contributed by atoms with Gasteiger partial charge in [-0.05, 0) is 61.5 Å². The molecule has 0 bridgehead atoms. The Morgan fingerprint density at radius 1 is 1.00 bits per heavy atom. The molecule has 4 N–H and O–H groups in total. The van der Waals surface area contributed by atoms with Gasteiger partial charge in [-0.25, -0.2) is 9.82 Å². The van der Waals surface area contributed by atoms with Gasteiger partial charge in [0.25, 0.3) is 0 Å². The van der Waals surface area contributed by atoms with E-state index in [-0.39, 0.29) is 22.8 Å². The number of methoxy groups -OCH3 is 1. The number of hydrogen-bond donors (Lipinski definition) is 3. The first kappa shape index (κ1) is 26.2. The minimum absolute atomic E-state index is 0.106. The fourth-order valence-corrected chi connectivity index (χ4v) is 3.21. The quantitative estimate of drug-likeness (QED) is 0.241. The van der Waals surface area contributed by atoms with Crippen LogP contribution < -0.4 is 25.9 Å². The van der Waals surface area contributed by atoms with Crippen molar-refractivity contribution in [1.82, 2.24) is 5.43 Å². The molecule has 0 unspecified atom stereocenters. The van der Waals surface area contributed by atoms with Crippen molar-refractivity contribution in [2.24, 2.45) is 10.8 Å². The number of benzene rings is 3. The Morgan fingerprint density at radius 2 is 1.69 bits per heavy atom. The third kappa shape index (κ3) is 6.57. The fourth-order valence-electron chi connectivity index (χ4n) is 2.99. The number of halogens is 2. The minimum atomic E-state index is -0.998. The van der Waals surface area contributed by atoms with Crippen molar-refractivity contribution in [3.05, 3.63) is 88.2 Å². The molecule has 0 aromatic heterocycles. The van der Waals surface area contributed by atoms with Crippen LogP contribution in [0.2, 0.25) is 5.02 Å². The van der Waals surface area contributed by atoms with Gasteiger partial charge in [0.1, 0.15) is 12.4 Å². The third-order valence-electron chi connectivity index (χ3n) is 4.97. The minimum Gasteiger partial charge on any atom is -0.493 e. The molecule has 0 aliphatic carbocycles. The van der Waals surface area contributed by atoms with Crippen LogP contribution in [0, 0.1) is 5.82 Å². The Bertz CT molecular complexity index is 1310. The molecule has 3 aromatic rings. The van der Waals surface area contributed by atoms with Gasteiger partial charge in [-0.3, -0.25) is 14.4 Å². The molecule has 36 heavy (non-hydrogen) atoms. The molecule has 0 saturated carbocycles. The third-order valence-corrected chi connectivity index (χ3v) is 5.33. The molecule has 186 valence electrons. The van der Waals surface area contributed by atoms with Gasteiger partial charge in [0, 0.05) is 22.4 Å². The topological polar surface area (TPSA) is 132 Å². The molecule has 3 rings (SSSR count). The highest BCUT2D eigenvalue weighted by molar-refractivity contribution is 6.39. The van der Waals surface area contributed by atoms with Crippen molar-refractivity contribution in [3.63, 3.8) is 0 Å². The van der Waals surface area contributed by atoms with Gasteiger partial charge in [-0.15, -0.1) is 0 Å². The van der Waals surface area contributed by atoms with Crippen molar-refractivity contribution in [1.29, 1.82) is 0 Å². The number of hydrazone groups is 1.